The lowest BCUT2D eigenvalue weighted by Crippen LogP contribution is -2.15. The first-order chi connectivity index (χ1) is 15.0. The van der Waals surface area contributed by atoms with Crippen LogP contribution in [0.25, 0.3) is 16.8 Å². The van der Waals surface area contributed by atoms with Gasteiger partial charge in [-0.05, 0) is 43.7 Å². The maximum atomic E-state index is 12.9. The monoisotopic (exact) mass is 435 g/mol. The number of hydrogen-bond acceptors (Lipinski definition) is 6. The van der Waals surface area contributed by atoms with Crippen LogP contribution in [0.3, 0.4) is 0 Å². The predicted molar refractivity (Wildman–Crippen MR) is 120 cm³/mol. The van der Waals surface area contributed by atoms with Gasteiger partial charge in [0.2, 0.25) is 0 Å². The minimum atomic E-state index is -0.482. The second-order valence-electron chi connectivity index (χ2n) is 6.82. The van der Waals surface area contributed by atoms with E-state index in [4.69, 9.17) is 9.47 Å². The average molecular weight is 436 g/mol. The van der Waals surface area contributed by atoms with Crippen LogP contribution in [0.15, 0.2) is 54.2 Å². The van der Waals surface area contributed by atoms with Crippen LogP contribution < -0.4 is 10.1 Å². The standard InChI is InChI=1S/C23H21N3O4S/c1-4-30-23(28)20-18(15-5-7-17(29-3)8-6-15)13-31-22(20)25-21(27)16-9-10-26-12-14(2)24-19(26)11-16/h5-13H,4H2,1-3H3,(H,25,27). The number of carbonyl (C=O) groups excluding carboxylic acids is 2. The number of rotatable bonds is 6. The Kier molecular flexibility index (Phi) is 5.73. The van der Waals surface area contributed by atoms with E-state index in [1.54, 1.807) is 32.4 Å². The van der Waals surface area contributed by atoms with E-state index in [2.05, 4.69) is 10.3 Å². The van der Waals surface area contributed by atoms with Crippen LogP contribution >= 0.6 is 11.3 Å². The van der Waals surface area contributed by atoms with Crippen molar-refractivity contribution in [3.05, 3.63) is 71.0 Å². The molecule has 31 heavy (non-hydrogen) atoms. The highest BCUT2D eigenvalue weighted by molar-refractivity contribution is 7.15. The Labute approximate surface area is 183 Å². The molecule has 4 aromatic rings. The predicted octanol–water partition coefficient (Wildman–Crippen LogP) is 4.81. The smallest absolute Gasteiger partial charge is 0.341 e. The molecular weight excluding hydrogens is 414 g/mol. The molecule has 0 radical (unpaired) electrons. The summed E-state index contributed by atoms with van der Waals surface area (Å²) in [6.45, 7) is 3.88. The van der Waals surface area contributed by atoms with Gasteiger partial charge in [0.1, 0.15) is 22.0 Å². The highest BCUT2D eigenvalue weighted by Gasteiger charge is 2.23. The van der Waals surface area contributed by atoms with Gasteiger partial charge in [0, 0.05) is 28.9 Å². The molecule has 0 fully saturated rings. The number of hydrogen-bond donors (Lipinski definition) is 1. The fraction of sp³-hybridized carbons (Fsp3) is 0.174. The maximum Gasteiger partial charge on any atom is 0.341 e. The molecule has 158 valence electrons. The van der Waals surface area contributed by atoms with Crippen LogP contribution in [-0.2, 0) is 4.74 Å². The molecule has 0 unspecified atom stereocenters. The van der Waals surface area contributed by atoms with Crippen LogP contribution in [0.1, 0.15) is 33.3 Å². The number of nitrogens with zero attached hydrogens (tertiary/aromatic N) is 2. The molecule has 3 heterocycles. The summed E-state index contributed by atoms with van der Waals surface area (Å²) in [5.41, 5.74) is 3.86. The van der Waals surface area contributed by atoms with Crippen molar-refractivity contribution in [3.8, 4) is 16.9 Å². The Morgan fingerprint density at radius 2 is 1.97 bits per heavy atom. The van der Waals surface area contributed by atoms with Crippen LogP contribution in [0.5, 0.6) is 5.75 Å². The molecule has 1 N–H and O–H groups in total. The first kappa shape index (κ1) is 20.6. The van der Waals surface area contributed by atoms with Gasteiger partial charge in [0.15, 0.2) is 0 Å². The number of aryl methyl sites for hydroxylation is 1. The summed E-state index contributed by atoms with van der Waals surface area (Å²) in [5.74, 6) is -0.0872. The molecule has 0 aliphatic rings. The highest BCUT2D eigenvalue weighted by Crippen LogP contribution is 2.37. The zero-order valence-electron chi connectivity index (χ0n) is 17.3. The molecule has 0 spiro atoms. The Hall–Kier alpha value is -3.65. The number of methoxy groups -OCH3 is 1. The first-order valence-corrected chi connectivity index (χ1v) is 10.6. The highest BCUT2D eigenvalue weighted by atomic mass is 32.1. The lowest BCUT2D eigenvalue weighted by molar-refractivity contribution is 0.0529. The first-order valence-electron chi connectivity index (χ1n) is 9.70. The summed E-state index contributed by atoms with van der Waals surface area (Å²) in [5, 5.41) is 5.14. The van der Waals surface area contributed by atoms with Gasteiger partial charge in [-0.1, -0.05) is 12.1 Å². The molecule has 0 saturated carbocycles. The number of benzene rings is 1. The molecule has 1 amide bonds. The number of carbonyl (C=O) groups is 2. The normalized spacial score (nSPS) is 10.8. The Bertz CT molecular complexity index is 1260. The fourth-order valence-electron chi connectivity index (χ4n) is 3.26. The summed E-state index contributed by atoms with van der Waals surface area (Å²) in [6, 6.07) is 10.8. The fourth-order valence-corrected chi connectivity index (χ4v) is 4.22. The number of aromatic nitrogens is 2. The summed E-state index contributed by atoms with van der Waals surface area (Å²) < 4.78 is 12.3. The Morgan fingerprint density at radius 3 is 2.68 bits per heavy atom. The van der Waals surface area contributed by atoms with Crippen molar-refractivity contribution in [1.29, 1.82) is 0 Å². The van der Waals surface area contributed by atoms with Crippen molar-refractivity contribution < 1.29 is 19.1 Å². The minimum absolute atomic E-state index is 0.236. The number of esters is 1. The molecule has 1 aromatic carbocycles. The third kappa shape index (κ3) is 4.15. The average Bonchev–Trinajstić information content (AvgIpc) is 3.35. The number of fused-ring (bicyclic) bond motifs is 1. The lowest BCUT2D eigenvalue weighted by Gasteiger charge is -2.09. The van der Waals surface area contributed by atoms with E-state index in [1.165, 1.54) is 11.3 Å². The molecule has 0 aliphatic carbocycles. The summed E-state index contributed by atoms with van der Waals surface area (Å²) in [7, 11) is 1.60. The largest absolute Gasteiger partial charge is 0.497 e. The van der Waals surface area contributed by atoms with E-state index in [9.17, 15) is 9.59 Å². The number of ether oxygens (including phenoxy) is 2. The minimum Gasteiger partial charge on any atom is -0.497 e. The number of thiophene rings is 1. The topological polar surface area (TPSA) is 81.9 Å². The Morgan fingerprint density at radius 1 is 1.19 bits per heavy atom. The van der Waals surface area contributed by atoms with Crippen LogP contribution in [0, 0.1) is 6.92 Å². The quantitative estimate of drug-likeness (QED) is 0.440. The van der Waals surface area contributed by atoms with Crippen molar-refractivity contribution in [2.75, 3.05) is 19.0 Å². The molecule has 3 aromatic heterocycles. The van der Waals surface area contributed by atoms with Crippen LogP contribution in [0.4, 0.5) is 5.00 Å². The van der Waals surface area contributed by atoms with Crippen LogP contribution in [-0.4, -0.2) is 35.0 Å². The third-order valence-electron chi connectivity index (χ3n) is 4.74. The molecule has 8 heteroatoms. The number of anilines is 1. The second kappa shape index (κ2) is 8.61. The van der Waals surface area contributed by atoms with Gasteiger partial charge >= 0.3 is 5.97 Å². The lowest BCUT2D eigenvalue weighted by atomic mass is 10.0. The summed E-state index contributed by atoms with van der Waals surface area (Å²) in [4.78, 5) is 30.0. The van der Waals surface area contributed by atoms with Gasteiger partial charge in [-0.15, -0.1) is 11.3 Å². The zero-order chi connectivity index (χ0) is 22.0. The van der Waals surface area contributed by atoms with Gasteiger partial charge < -0.3 is 19.2 Å². The van der Waals surface area contributed by atoms with Gasteiger partial charge in [0.05, 0.1) is 19.4 Å². The molecule has 0 aliphatic heterocycles. The van der Waals surface area contributed by atoms with Crippen molar-refractivity contribution in [2.24, 2.45) is 0 Å². The maximum absolute atomic E-state index is 12.9. The zero-order valence-corrected chi connectivity index (χ0v) is 18.2. The molecule has 0 bridgehead atoms. The second-order valence-corrected chi connectivity index (χ2v) is 7.70. The number of pyridine rings is 1. The van der Waals surface area contributed by atoms with Crippen molar-refractivity contribution in [3.63, 3.8) is 0 Å². The third-order valence-corrected chi connectivity index (χ3v) is 5.64. The van der Waals surface area contributed by atoms with E-state index >= 15 is 0 Å². The number of nitrogens with one attached hydrogen (secondary N) is 1. The van der Waals surface area contributed by atoms with Gasteiger partial charge in [-0.25, -0.2) is 9.78 Å². The van der Waals surface area contributed by atoms with E-state index in [0.29, 0.717) is 27.3 Å². The molecule has 0 atom stereocenters. The number of amides is 1. The van der Waals surface area contributed by atoms with Gasteiger partial charge in [0.25, 0.3) is 5.91 Å². The Balaban J connectivity index is 1.68. The summed E-state index contributed by atoms with van der Waals surface area (Å²) >= 11 is 1.28. The SMILES string of the molecule is CCOC(=O)c1c(-c2ccc(OC)cc2)csc1NC(=O)c1ccn2cc(C)nc2c1. The van der Waals surface area contributed by atoms with Gasteiger partial charge in [-0.3, -0.25) is 4.79 Å². The summed E-state index contributed by atoms with van der Waals surface area (Å²) in [6.07, 6.45) is 3.67. The molecular formula is C23H21N3O4S. The van der Waals surface area contributed by atoms with Crippen molar-refractivity contribution >= 4 is 33.9 Å². The van der Waals surface area contributed by atoms with Crippen molar-refractivity contribution in [1.82, 2.24) is 9.38 Å². The van der Waals surface area contributed by atoms with Crippen molar-refractivity contribution in [2.45, 2.75) is 13.8 Å². The van der Waals surface area contributed by atoms with E-state index in [-0.39, 0.29) is 12.5 Å². The molecule has 0 saturated heterocycles. The van der Waals surface area contributed by atoms with Crippen LogP contribution in [0.2, 0.25) is 0 Å². The van der Waals surface area contributed by atoms with Gasteiger partial charge in [-0.2, -0.15) is 0 Å². The van der Waals surface area contributed by atoms with E-state index in [0.717, 1.165) is 17.0 Å². The van der Waals surface area contributed by atoms with E-state index < -0.39 is 5.97 Å². The number of imidazole rings is 1. The molecule has 7 nitrogen and oxygen atoms in total. The molecule has 4 rings (SSSR count). The van der Waals surface area contributed by atoms with E-state index in [1.807, 2.05) is 47.2 Å².